The Morgan fingerprint density at radius 1 is 1.19 bits per heavy atom. The van der Waals surface area contributed by atoms with Crippen LogP contribution in [0.1, 0.15) is 46.4 Å². The maximum absolute atomic E-state index is 13.3. The van der Waals surface area contributed by atoms with E-state index in [9.17, 15) is 14.7 Å². The van der Waals surface area contributed by atoms with Gasteiger partial charge in [0.05, 0.1) is 22.2 Å². The molecule has 0 saturated carbocycles. The molecule has 0 fully saturated rings. The van der Waals surface area contributed by atoms with Gasteiger partial charge in [-0.2, -0.15) is 0 Å². The van der Waals surface area contributed by atoms with Gasteiger partial charge in [0.1, 0.15) is 5.75 Å². The van der Waals surface area contributed by atoms with Crippen LogP contribution in [0.4, 0.5) is 5.69 Å². The summed E-state index contributed by atoms with van der Waals surface area (Å²) in [6.45, 7) is 6.97. The lowest BCUT2D eigenvalue weighted by molar-refractivity contribution is 0.0895. The Bertz CT molecular complexity index is 1280. The molecule has 0 radical (unpaired) electrons. The Morgan fingerprint density at radius 3 is 2.64 bits per heavy atom. The van der Waals surface area contributed by atoms with Crippen LogP contribution in [-0.4, -0.2) is 43.7 Å². The number of nitrogens with one attached hydrogen (secondary N) is 1. The van der Waals surface area contributed by atoms with Gasteiger partial charge in [-0.1, -0.05) is 44.5 Å². The van der Waals surface area contributed by atoms with Gasteiger partial charge in [0.25, 0.3) is 11.8 Å². The molecular formula is C28H31ClN2O4S. The number of hydrogen-bond donors (Lipinski definition) is 2. The predicted molar refractivity (Wildman–Crippen MR) is 146 cm³/mol. The van der Waals surface area contributed by atoms with E-state index in [0.29, 0.717) is 46.5 Å². The molecule has 1 atom stereocenters. The van der Waals surface area contributed by atoms with Gasteiger partial charge in [-0.3, -0.25) is 9.59 Å². The molecule has 0 bridgehead atoms. The van der Waals surface area contributed by atoms with Crippen LogP contribution >= 0.6 is 22.9 Å². The molecule has 0 spiro atoms. The fraction of sp³-hybridized carbons (Fsp3) is 0.357. The molecule has 1 aliphatic rings. The Balaban J connectivity index is 1.56. The first-order valence-corrected chi connectivity index (χ1v) is 13.1. The third-order valence-electron chi connectivity index (χ3n) is 6.61. The number of carbonyl (C=O) groups is 2. The lowest BCUT2D eigenvalue weighted by Crippen LogP contribution is -2.37. The van der Waals surface area contributed by atoms with Crippen molar-refractivity contribution in [3.05, 3.63) is 69.6 Å². The first kappa shape index (κ1) is 26.2. The quantitative estimate of drug-likeness (QED) is 0.434. The van der Waals surface area contributed by atoms with E-state index in [0.717, 1.165) is 16.0 Å². The van der Waals surface area contributed by atoms with Crippen LogP contribution in [0.2, 0.25) is 5.02 Å². The summed E-state index contributed by atoms with van der Waals surface area (Å²) in [7, 11) is 1.72. The van der Waals surface area contributed by atoms with Gasteiger partial charge < -0.3 is 20.1 Å². The molecule has 1 aliphatic heterocycles. The van der Waals surface area contributed by atoms with Crippen LogP contribution in [0.15, 0.2) is 48.5 Å². The second-order valence-corrected chi connectivity index (χ2v) is 11.5. The number of amides is 2. The number of fused-ring (bicyclic) bond motifs is 3. The summed E-state index contributed by atoms with van der Waals surface area (Å²) >= 11 is 7.72. The highest BCUT2D eigenvalue weighted by Gasteiger charge is 2.26. The number of hydrogen-bond acceptors (Lipinski definition) is 5. The summed E-state index contributed by atoms with van der Waals surface area (Å²) in [6, 6.07) is 14.6. The van der Waals surface area contributed by atoms with Gasteiger partial charge in [0, 0.05) is 48.5 Å². The number of halogens is 1. The topological polar surface area (TPSA) is 78.9 Å². The average Bonchev–Trinajstić information content (AvgIpc) is 3.19. The van der Waals surface area contributed by atoms with E-state index >= 15 is 0 Å². The van der Waals surface area contributed by atoms with Gasteiger partial charge in [0.15, 0.2) is 0 Å². The van der Waals surface area contributed by atoms with Gasteiger partial charge >= 0.3 is 0 Å². The normalized spacial score (nSPS) is 13.6. The zero-order valence-electron chi connectivity index (χ0n) is 20.9. The van der Waals surface area contributed by atoms with Gasteiger partial charge in [-0.25, -0.2) is 0 Å². The number of aliphatic hydroxyl groups is 1. The minimum absolute atomic E-state index is 0.00491. The van der Waals surface area contributed by atoms with E-state index in [1.165, 1.54) is 11.3 Å². The molecule has 0 unspecified atom stereocenters. The number of carbonyl (C=O) groups excluding carboxylic acids is 2. The summed E-state index contributed by atoms with van der Waals surface area (Å²) in [6.07, 6.45) is 0.662. The first-order valence-electron chi connectivity index (χ1n) is 11.9. The standard InChI is InChI=1S/C28H31ClN2O4S/c1-28(2,3)19(16-32)15-30-26(33)18-9-10-20-23(13-18)35-12-11-17-14-24(36-25(17)20)27(34)31(4)22-8-6-5-7-21(22)29/h5-10,13-14,19,32H,11-12,15-16H2,1-4H3,(H,30,33)/t19-/m1/s1. The van der Waals surface area contributed by atoms with Gasteiger partial charge in [-0.15, -0.1) is 11.3 Å². The zero-order chi connectivity index (χ0) is 26.0. The number of ether oxygens (including phenoxy) is 1. The smallest absolute Gasteiger partial charge is 0.268 e. The lowest BCUT2D eigenvalue weighted by Gasteiger charge is -2.29. The van der Waals surface area contributed by atoms with Crippen LogP contribution in [0.5, 0.6) is 5.75 Å². The summed E-state index contributed by atoms with van der Waals surface area (Å²) in [5.74, 6) is 0.234. The zero-order valence-corrected chi connectivity index (χ0v) is 22.5. The lowest BCUT2D eigenvalue weighted by atomic mass is 9.81. The number of nitrogens with zero attached hydrogens (tertiary/aromatic N) is 1. The second-order valence-electron chi connectivity index (χ2n) is 10.0. The van der Waals surface area contributed by atoms with E-state index in [1.54, 1.807) is 30.1 Å². The minimum Gasteiger partial charge on any atom is -0.493 e. The highest BCUT2D eigenvalue weighted by Crippen LogP contribution is 2.42. The molecule has 2 aromatic carbocycles. The summed E-state index contributed by atoms with van der Waals surface area (Å²) < 4.78 is 5.99. The van der Waals surface area contributed by atoms with Crippen LogP contribution in [0.3, 0.4) is 0 Å². The molecule has 190 valence electrons. The Kier molecular flexibility index (Phi) is 7.73. The molecule has 36 heavy (non-hydrogen) atoms. The van der Waals surface area contributed by atoms with Crippen LogP contribution in [0.25, 0.3) is 10.4 Å². The summed E-state index contributed by atoms with van der Waals surface area (Å²) in [5.41, 5.74) is 2.94. The maximum atomic E-state index is 13.3. The fourth-order valence-corrected chi connectivity index (χ4v) is 5.63. The number of para-hydroxylation sites is 1. The Labute approximate surface area is 220 Å². The molecule has 2 N–H and O–H groups in total. The molecule has 1 aromatic heterocycles. The minimum atomic E-state index is -0.211. The van der Waals surface area contributed by atoms with Gasteiger partial charge in [-0.05, 0) is 47.4 Å². The van der Waals surface area contributed by atoms with Crippen LogP contribution in [-0.2, 0) is 6.42 Å². The third-order valence-corrected chi connectivity index (χ3v) is 8.13. The van der Waals surface area contributed by atoms with Crippen LogP contribution in [0, 0.1) is 11.3 Å². The summed E-state index contributed by atoms with van der Waals surface area (Å²) in [4.78, 5) is 29.2. The Hall–Kier alpha value is -2.87. The number of thiophene rings is 1. The number of anilines is 1. The first-order chi connectivity index (χ1) is 17.1. The molecule has 8 heteroatoms. The van der Waals surface area contributed by atoms with Crippen molar-refractivity contribution in [2.24, 2.45) is 11.3 Å². The predicted octanol–water partition coefficient (Wildman–Crippen LogP) is 5.66. The van der Waals surface area contributed by atoms with Crippen molar-refractivity contribution >= 4 is 40.4 Å². The van der Waals surface area contributed by atoms with E-state index in [4.69, 9.17) is 16.3 Å². The monoisotopic (exact) mass is 526 g/mol. The average molecular weight is 527 g/mol. The van der Waals surface area contributed by atoms with Crippen molar-refractivity contribution in [2.45, 2.75) is 27.2 Å². The highest BCUT2D eigenvalue weighted by atomic mass is 35.5. The van der Waals surface area contributed by atoms with Crippen molar-refractivity contribution in [1.29, 1.82) is 0 Å². The molecule has 0 saturated heterocycles. The fourth-order valence-electron chi connectivity index (χ4n) is 4.15. The van der Waals surface area contributed by atoms with Gasteiger partial charge in [0.2, 0.25) is 0 Å². The molecule has 6 nitrogen and oxygen atoms in total. The van der Waals surface area contributed by atoms with Crippen molar-refractivity contribution < 1.29 is 19.4 Å². The number of benzene rings is 2. The van der Waals surface area contributed by atoms with E-state index < -0.39 is 0 Å². The van der Waals surface area contributed by atoms with E-state index in [2.05, 4.69) is 5.32 Å². The molecule has 2 amide bonds. The molecule has 0 aliphatic carbocycles. The summed E-state index contributed by atoms with van der Waals surface area (Å²) in [5, 5.41) is 13.1. The number of rotatable bonds is 6. The highest BCUT2D eigenvalue weighted by molar-refractivity contribution is 7.17. The van der Waals surface area contributed by atoms with Crippen molar-refractivity contribution in [2.75, 3.05) is 31.7 Å². The van der Waals surface area contributed by atoms with Crippen molar-refractivity contribution in [3.63, 3.8) is 0 Å². The van der Waals surface area contributed by atoms with E-state index in [1.807, 2.05) is 51.1 Å². The molecular weight excluding hydrogens is 496 g/mol. The number of aliphatic hydroxyl groups excluding tert-OH is 1. The SMILES string of the molecule is CN(C(=O)c1cc2c(s1)-c1ccc(C(=O)NC[C@H](CO)C(C)(C)C)cc1OCC2)c1ccccc1Cl. The van der Waals surface area contributed by atoms with E-state index in [-0.39, 0.29) is 29.8 Å². The van der Waals surface area contributed by atoms with Crippen molar-refractivity contribution in [1.82, 2.24) is 5.32 Å². The Morgan fingerprint density at radius 2 is 1.94 bits per heavy atom. The molecule has 4 rings (SSSR count). The van der Waals surface area contributed by atoms with Crippen molar-refractivity contribution in [3.8, 4) is 16.2 Å². The molecule has 3 aromatic rings. The third kappa shape index (κ3) is 5.43. The second kappa shape index (κ2) is 10.6. The largest absolute Gasteiger partial charge is 0.493 e. The van der Waals surface area contributed by atoms with Crippen LogP contribution < -0.4 is 15.0 Å². The molecule has 2 heterocycles. The maximum Gasteiger partial charge on any atom is 0.268 e.